The SMILES string of the molecule is Cc1cccc(CNCc2c(C)nc3sccn23)n1. The van der Waals surface area contributed by atoms with Gasteiger partial charge in [-0.05, 0) is 26.0 Å². The second kappa shape index (κ2) is 5.11. The van der Waals surface area contributed by atoms with Crippen LogP contribution in [0.2, 0.25) is 0 Å². The molecule has 0 aliphatic heterocycles. The first kappa shape index (κ1) is 12.3. The summed E-state index contributed by atoms with van der Waals surface area (Å²) in [5.41, 5.74) is 4.45. The van der Waals surface area contributed by atoms with Crippen LogP contribution in [0.15, 0.2) is 29.8 Å². The predicted molar refractivity (Wildman–Crippen MR) is 77.3 cm³/mol. The van der Waals surface area contributed by atoms with Crippen molar-refractivity contribution in [3.05, 3.63) is 52.6 Å². The van der Waals surface area contributed by atoms with Gasteiger partial charge in [-0.25, -0.2) is 4.98 Å². The Labute approximate surface area is 116 Å². The fourth-order valence-corrected chi connectivity index (χ4v) is 2.94. The minimum atomic E-state index is 0.776. The number of thiazole rings is 1. The van der Waals surface area contributed by atoms with Crippen molar-refractivity contribution in [3.8, 4) is 0 Å². The van der Waals surface area contributed by atoms with Crippen LogP contribution in [-0.4, -0.2) is 14.4 Å². The number of nitrogens with one attached hydrogen (secondary N) is 1. The van der Waals surface area contributed by atoms with E-state index in [0.29, 0.717) is 0 Å². The van der Waals surface area contributed by atoms with E-state index in [4.69, 9.17) is 0 Å². The quantitative estimate of drug-likeness (QED) is 0.794. The van der Waals surface area contributed by atoms with Gasteiger partial charge < -0.3 is 5.32 Å². The molecule has 3 rings (SSSR count). The van der Waals surface area contributed by atoms with Crippen molar-refractivity contribution < 1.29 is 0 Å². The fourth-order valence-electron chi connectivity index (χ4n) is 2.16. The monoisotopic (exact) mass is 272 g/mol. The molecule has 0 aromatic carbocycles. The largest absolute Gasteiger partial charge is 0.305 e. The van der Waals surface area contributed by atoms with E-state index in [1.54, 1.807) is 11.3 Å². The van der Waals surface area contributed by atoms with Gasteiger partial charge in [0.1, 0.15) is 0 Å². The van der Waals surface area contributed by atoms with Crippen molar-refractivity contribution in [3.63, 3.8) is 0 Å². The molecule has 0 unspecified atom stereocenters. The maximum atomic E-state index is 4.54. The first-order valence-electron chi connectivity index (χ1n) is 6.28. The summed E-state index contributed by atoms with van der Waals surface area (Å²) in [6.07, 6.45) is 2.07. The van der Waals surface area contributed by atoms with Crippen LogP contribution in [0, 0.1) is 13.8 Å². The zero-order valence-electron chi connectivity index (χ0n) is 11.1. The first-order valence-corrected chi connectivity index (χ1v) is 7.16. The van der Waals surface area contributed by atoms with E-state index in [1.165, 1.54) is 5.69 Å². The molecule has 0 amide bonds. The molecule has 0 saturated heterocycles. The van der Waals surface area contributed by atoms with Crippen LogP contribution >= 0.6 is 11.3 Å². The zero-order valence-corrected chi connectivity index (χ0v) is 11.9. The number of aryl methyl sites for hydroxylation is 2. The maximum Gasteiger partial charge on any atom is 0.194 e. The standard InChI is InChI=1S/C14H16N4S/c1-10-4-3-5-12(16-10)8-15-9-13-11(2)17-14-18(13)6-7-19-14/h3-7,15H,8-9H2,1-2H3. The lowest BCUT2D eigenvalue weighted by Crippen LogP contribution is -2.15. The summed E-state index contributed by atoms with van der Waals surface area (Å²) in [6, 6.07) is 6.10. The Balaban J connectivity index is 1.69. The molecule has 4 nitrogen and oxygen atoms in total. The average molecular weight is 272 g/mol. The highest BCUT2D eigenvalue weighted by molar-refractivity contribution is 7.15. The summed E-state index contributed by atoms with van der Waals surface area (Å²) in [4.78, 5) is 10.1. The van der Waals surface area contributed by atoms with Crippen molar-refractivity contribution in [1.82, 2.24) is 19.7 Å². The van der Waals surface area contributed by atoms with Crippen LogP contribution in [0.4, 0.5) is 0 Å². The van der Waals surface area contributed by atoms with Gasteiger partial charge in [-0.3, -0.25) is 9.38 Å². The Bertz CT molecular complexity index is 698. The lowest BCUT2D eigenvalue weighted by molar-refractivity contribution is 0.660. The summed E-state index contributed by atoms with van der Waals surface area (Å²) in [5.74, 6) is 0. The molecule has 3 aromatic rings. The number of aromatic nitrogens is 3. The van der Waals surface area contributed by atoms with E-state index in [0.717, 1.165) is 35.1 Å². The smallest absolute Gasteiger partial charge is 0.194 e. The Kier molecular flexibility index (Phi) is 3.31. The molecule has 0 fully saturated rings. The predicted octanol–water partition coefficient (Wildman–Crippen LogP) is 2.70. The number of hydrogen-bond donors (Lipinski definition) is 1. The van der Waals surface area contributed by atoms with Gasteiger partial charge in [0.05, 0.1) is 17.1 Å². The average Bonchev–Trinajstić information content (AvgIpc) is 2.92. The molecule has 5 heteroatoms. The summed E-state index contributed by atoms with van der Waals surface area (Å²) >= 11 is 1.67. The highest BCUT2D eigenvalue weighted by Crippen LogP contribution is 2.16. The molecule has 0 spiro atoms. The van der Waals surface area contributed by atoms with Gasteiger partial charge in [0, 0.05) is 30.4 Å². The van der Waals surface area contributed by atoms with E-state index < -0.39 is 0 Å². The Hall–Kier alpha value is -1.72. The van der Waals surface area contributed by atoms with Crippen molar-refractivity contribution in [2.75, 3.05) is 0 Å². The molecular formula is C14H16N4S. The second-order valence-corrected chi connectivity index (χ2v) is 5.45. The van der Waals surface area contributed by atoms with Crippen LogP contribution in [0.5, 0.6) is 0 Å². The van der Waals surface area contributed by atoms with Crippen molar-refractivity contribution >= 4 is 16.3 Å². The summed E-state index contributed by atoms with van der Waals surface area (Å²) in [7, 11) is 0. The third-order valence-electron chi connectivity index (χ3n) is 3.11. The number of pyridine rings is 1. The molecule has 19 heavy (non-hydrogen) atoms. The molecule has 98 valence electrons. The number of nitrogens with zero attached hydrogens (tertiary/aromatic N) is 3. The fraction of sp³-hybridized carbons (Fsp3) is 0.286. The normalized spacial score (nSPS) is 11.3. The molecule has 0 atom stereocenters. The van der Waals surface area contributed by atoms with E-state index in [-0.39, 0.29) is 0 Å². The van der Waals surface area contributed by atoms with Gasteiger partial charge >= 0.3 is 0 Å². The van der Waals surface area contributed by atoms with Crippen LogP contribution in [-0.2, 0) is 13.1 Å². The highest BCUT2D eigenvalue weighted by atomic mass is 32.1. The molecule has 0 aliphatic carbocycles. The Morgan fingerprint density at radius 3 is 2.95 bits per heavy atom. The molecule has 3 heterocycles. The van der Waals surface area contributed by atoms with Crippen LogP contribution in [0.25, 0.3) is 4.96 Å². The lowest BCUT2D eigenvalue weighted by Gasteiger charge is -2.05. The first-order chi connectivity index (χ1) is 9.24. The summed E-state index contributed by atoms with van der Waals surface area (Å²) < 4.78 is 2.15. The van der Waals surface area contributed by atoms with Crippen LogP contribution in [0.3, 0.4) is 0 Å². The lowest BCUT2D eigenvalue weighted by atomic mass is 10.3. The van der Waals surface area contributed by atoms with E-state index in [1.807, 2.05) is 25.1 Å². The number of rotatable bonds is 4. The van der Waals surface area contributed by atoms with Gasteiger partial charge in [-0.15, -0.1) is 11.3 Å². The molecular weight excluding hydrogens is 256 g/mol. The van der Waals surface area contributed by atoms with Gasteiger partial charge in [-0.2, -0.15) is 0 Å². The van der Waals surface area contributed by atoms with E-state index in [2.05, 4.69) is 38.2 Å². The van der Waals surface area contributed by atoms with Crippen LogP contribution in [0.1, 0.15) is 22.8 Å². The van der Waals surface area contributed by atoms with Gasteiger partial charge in [0.15, 0.2) is 4.96 Å². The number of fused-ring (bicyclic) bond motifs is 1. The minimum absolute atomic E-state index is 0.776. The summed E-state index contributed by atoms with van der Waals surface area (Å²) in [6.45, 7) is 5.65. The van der Waals surface area contributed by atoms with Gasteiger partial charge in [-0.1, -0.05) is 6.07 Å². The third-order valence-corrected chi connectivity index (χ3v) is 3.86. The summed E-state index contributed by atoms with van der Waals surface area (Å²) in [5, 5.41) is 5.50. The Morgan fingerprint density at radius 2 is 2.11 bits per heavy atom. The molecule has 1 N–H and O–H groups in total. The minimum Gasteiger partial charge on any atom is -0.305 e. The van der Waals surface area contributed by atoms with Gasteiger partial charge in [0.25, 0.3) is 0 Å². The highest BCUT2D eigenvalue weighted by Gasteiger charge is 2.08. The maximum absolute atomic E-state index is 4.54. The molecule has 0 radical (unpaired) electrons. The van der Waals surface area contributed by atoms with Crippen LogP contribution < -0.4 is 5.32 Å². The number of imidazole rings is 1. The van der Waals surface area contributed by atoms with Crippen molar-refractivity contribution in [2.45, 2.75) is 26.9 Å². The third kappa shape index (κ3) is 2.52. The van der Waals surface area contributed by atoms with Crippen molar-refractivity contribution in [2.24, 2.45) is 0 Å². The zero-order chi connectivity index (χ0) is 13.2. The molecule has 3 aromatic heterocycles. The Morgan fingerprint density at radius 1 is 1.21 bits per heavy atom. The molecule has 0 bridgehead atoms. The number of hydrogen-bond acceptors (Lipinski definition) is 4. The van der Waals surface area contributed by atoms with E-state index >= 15 is 0 Å². The second-order valence-electron chi connectivity index (χ2n) is 4.57. The van der Waals surface area contributed by atoms with Crippen molar-refractivity contribution in [1.29, 1.82) is 0 Å². The molecule has 0 saturated carbocycles. The van der Waals surface area contributed by atoms with Gasteiger partial charge in [0.2, 0.25) is 0 Å². The topological polar surface area (TPSA) is 42.2 Å². The van der Waals surface area contributed by atoms with E-state index in [9.17, 15) is 0 Å². The molecule has 0 aliphatic rings.